The maximum atomic E-state index is 12.9. The van der Waals surface area contributed by atoms with E-state index in [1.54, 1.807) is 11.8 Å². The summed E-state index contributed by atoms with van der Waals surface area (Å²) in [4.78, 5) is 17.6. The van der Waals surface area contributed by atoms with Gasteiger partial charge in [-0.15, -0.1) is 11.6 Å². The monoisotopic (exact) mass is 324 g/mol. The fraction of sp³-hybridized carbons (Fsp3) is 0.500. The molecule has 0 aliphatic rings. The van der Waals surface area contributed by atoms with Crippen molar-refractivity contribution in [3.05, 3.63) is 40.4 Å². The van der Waals surface area contributed by atoms with Gasteiger partial charge in [0.1, 0.15) is 5.82 Å². The summed E-state index contributed by atoms with van der Waals surface area (Å²) in [5, 5.41) is 0.430. The van der Waals surface area contributed by atoms with Crippen LogP contribution >= 0.6 is 23.4 Å². The number of hydrogen-bond acceptors (Lipinski definition) is 3. The lowest BCUT2D eigenvalue weighted by atomic mass is 10.1. The number of alkyl halides is 1. The lowest BCUT2D eigenvalue weighted by Gasteiger charge is -2.23. The average Bonchev–Trinajstić information content (AvgIpc) is 2.52. The van der Waals surface area contributed by atoms with Gasteiger partial charge in [0.15, 0.2) is 0 Å². The topological polar surface area (TPSA) is 34.9 Å². The van der Waals surface area contributed by atoms with E-state index in [1.165, 1.54) is 0 Å². The highest BCUT2D eigenvalue weighted by Gasteiger charge is 2.21. The van der Waals surface area contributed by atoms with Gasteiger partial charge in [0, 0.05) is 11.8 Å². The Morgan fingerprint density at radius 2 is 2.00 bits per heavy atom. The largest absolute Gasteiger partial charge is 0.291 e. The molecule has 2 aromatic rings. The van der Waals surface area contributed by atoms with E-state index in [9.17, 15) is 4.79 Å². The predicted octanol–water partition coefficient (Wildman–Crippen LogP) is 4.40. The number of halogens is 1. The Labute approximate surface area is 134 Å². The Morgan fingerprint density at radius 1 is 1.29 bits per heavy atom. The second kappa shape index (κ2) is 7.32. The van der Waals surface area contributed by atoms with E-state index < -0.39 is 0 Å². The molecule has 21 heavy (non-hydrogen) atoms. The lowest BCUT2D eigenvalue weighted by molar-refractivity contribution is 0.489. The van der Waals surface area contributed by atoms with Crippen LogP contribution in [-0.2, 0) is 0 Å². The third kappa shape index (κ3) is 3.27. The molecule has 114 valence electrons. The van der Waals surface area contributed by atoms with Gasteiger partial charge < -0.3 is 0 Å². The Balaban J connectivity index is 2.74. The standard InChI is InChI=1S/C16H21ClN2OS/c1-4-11(10-21-3)19-15(13(17)5-2)18-14-9-7-6-8-12(14)16(19)20/h6-9,11,13H,4-5,10H2,1-3H3. The van der Waals surface area contributed by atoms with Crippen LogP contribution in [0.4, 0.5) is 0 Å². The molecular formula is C16H21ClN2OS. The zero-order valence-corrected chi connectivity index (χ0v) is 14.2. The van der Waals surface area contributed by atoms with Crippen LogP contribution in [0.2, 0.25) is 0 Å². The number of para-hydroxylation sites is 1. The van der Waals surface area contributed by atoms with Crippen LogP contribution in [0, 0.1) is 0 Å². The predicted molar refractivity (Wildman–Crippen MR) is 92.6 cm³/mol. The van der Waals surface area contributed by atoms with Crippen LogP contribution < -0.4 is 5.56 Å². The Hall–Kier alpha value is -1.00. The molecule has 0 fully saturated rings. The summed E-state index contributed by atoms with van der Waals surface area (Å²) in [6.45, 7) is 4.11. The first-order valence-electron chi connectivity index (χ1n) is 7.28. The van der Waals surface area contributed by atoms with Crippen LogP contribution in [0.15, 0.2) is 29.1 Å². The zero-order chi connectivity index (χ0) is 15.4. The van der Waals surface area contributed by atoms with E-state index in [0.717, 1.165) is 24.1 Å². The highest BCUT2D eigenvalue weighted by Crippen LogP contribution is 2.27. The van der Waals surface area contributed by atoms with Gasteiger partial charge in [-0.2, -0.15) is 11.8 Å². The summed E-state index contributed by atoms with van der Waals surface area (Å²) in [6.07, 6.45) is 3.70. The van der Waals surface area contributed by atoms with Gasteiger partial charge in [-0.05, 0) is 31.2 Å². The Morgan fingerprint density at radius 3 is 2.62 bits per heavy atom. The van der Waals surface area contributed by atoms with E-state index in [2.05, 4.69) is 18.2 Å². The molecule has 0 amide bonds. The molecule has 2 unspecified atom stereocenters. The van der Waals surface area contributed by atoms with Gasteiger partial charge in [0.2, 0.25) is 0 Å². The van der Waals surface area contributed by atoms with Crippen molar-refractivity contribution in [2.24, 2.45) is 0 Å². The van der Waals surface area contributed by atoms with Crippen molar-refractivity contribution in [2.75, 3.05) is 12.0 Å². The Kier molecular flexibility index (Phi) is 5.71. The van der Waals surface area contributed by atoms with E-state index in [0.29, 0.717) is 11.2 Å². The molecule has 5 heteroatoms. The first-order chi connectivity index (χ1) is 10.1. The van der Waals surface area contributed by atoms with Crippen molar-refractivity contribution in [3.8, 4) is 0 Å². The Bertz CT molecular complexity index is 671. The smallest absolute Gasteiger partial charge is 0.261 e. The summed E-state index contributed by atoms with van der Waals surface area (Å²) in [5.41, 5.74) is 0.752. The number of fused-ring (bicyclic) bond motifs is 1. The van der Waals surface area contributed by atoms with Crippen LogP contribution in [0.25, 0.3) is 10.9 Å². The highest BCUT2D eigenvalue weighted by atomic mass is 35.5. The van der Waals surface area contributed by atoms with Crippen LogP contribution in [-0.4, -0.2) is 21.6 Å². The van der Waals surface area contributed by atoms with E-state index in [1.807, 2.05) is 35.8 Å². The molecule has 2 rings (SSSR count). The first-order valence-corrected chi connectivity index (χ1v) is 9.11. The number of hydrogen-bond donors (Lipinski definition) is 0. The van der Waals surface area contributed by atoms with Crippen molar-refractivity contribution in [1.82, 2.24) is 9.55 Å². The molecular weight excluding hydrogens is 304 g/mol. The van der Waals surface area contributed by atoms with Gasteiger partial charge in [-0.3, -0.25) is 9.36 Å². The molecule has 0 N–H and O–H groups in total. The van der Waals surface area contributed by atoms with Gasteiger partial charge in [0.05, 0.1) is 16.3 Å². The molecule has 0 radical (unpaired) electrons. The summed E-state index contributed by atoms with van der Waals surface area (Å²) in [6, 6.07) is 7.62. The van der Waals surface area contributed by atoms with Crippen LogP contribution in [0.5, 0.6) is 0 Å². The molecule has 0 saturated heterocycles. The van der Waals surface area contributed by atoms with Crippen molar-refractivity contribution < 1.29 is 0 Å². The third-order valence-electron chi connectivity index (χ3n) is 3.67. The summed E-state index contributed by atoms with van der Waals surface area (Å²) >= 11 is 8.18. The van der Waals surface area contributed by atoms with Gasteiger partial charge in [-0.1, -0.05) is 26.0 Å². The van der Waals surface area contributed by atoms with Crippen LogP contribution in [0.1, 0.15) is 43.9 Å². The minimum Gasteiger partial charge on any atom is -0.291 e. The molecule has 1 heterocycles. The van der Waals surface area contributed by atoms with E-state index in [-0.39, 0.29) is 17.0 Å². The lowest BCUT2D eigenvalue weighted by Crippen LogP contribution is -2.31. The van der Waals surface area contributed by atoms with Crippen LogP contribution in [0.3, 0.4) is 0 Å². The normalized spacial score (nSPS) is 14.3. The summed E-state index contributed by atoms with van der Waals surface area (Å²) < 4.78 is 1.82. The molecule has 3 nitrogen and oxygen atoms in total. The molecule has 2 atom stereocenters. The van der Waals surface area contributed by atoms with Gasteiger partial charge >= 0.3 is 0 Å². The van der Waals surface area contributed by atoms with Crippen molar-refractivity contribution in [3.63, 3.8) is 0 Å². The van der Waals surface area contributed by atoms with Gasteiger partial charge in [0.25, 0.3) is 5.56 Å². The quantitative estimate of drug-likeness (QED) is 0.739. The third-order valence-corrected chi connectivity index (χ3v) is 4.89. The first kappa shape index (κ1) is 16.4. The number of thioether (sulfide) groups is 1. The minimum atomic E-state index is -0.238. The number of rotatable bonds is 6. The van der Waals surface area contributed by atoms with Crippen molar-refractivity contribution in [2.45, 2.75) is 38.1 Å². The fourth-order valence-corrected chi connectivity index (χ4v) is 3.41. The average molecular weight is 325 g/mol. The fourth-order valence-electron chi connectivity index (χ4n) is 2.49. The molecule has 0 aliphatic heterocycles. The maximum absolute atomic E-state index is 12.9. The van der Waals surface area contributed by atoms with E-state index in [4.69, 9.17) is 11.6 Å². The molecule has 1 aromatic heterocycles. The van der Waals surface area contributed by atoms with E-state index >= 15 is 0 Å². The number of nitrogens with zero attached hydrogens (tertiary/aromatic N) is 2. The molecule has 0 spiro atoms. The maximum Gasteiger partial charge on any atom is 0.261 e. The van der Waals surface area contributed by atoms with Crippen molar-refractivity contribution in [1.29, 1.82) is 0 Å². The summed E-state index contributed by atoms with van der Waals surface area (Å²) in [5.74, 6) is 1.58. The molecule has 1 aromatic carbocycles. The number of aromatic nitrogens is 2. The number of benzene rings is 1. The second-order valence-electron chi connectivity index (χ2n) is 5.06. The minimum absolute atomic E-state index is 0.0237. The van der Waals surface area contributed by atoms with Crippen molar-refractivity contribution >= 4 is 34.3 Å². The molecule has 0 saturated carbocycles. The summed E-state index contributed by atoms with van der Waals surface area (Å²) in [7, 11) is 0. The molecule has 0 bridgehead atoms. The zero-order valence-electron chi connectivity index (χ0n) is 12.7. The van der Waals surface area contributed by atoms with Gasteiger partial charge in [-0.25, -0.2) is 4.98 Å². The SMILES string of the molecule is CCC(Cl)c1nc2ccccc2c(=O)n1C(CC)CSC. The molecule has 0 aliphatic carbocycles. The highest BCUT2D eigenvalue weighted by molar-refractivity contribution is 7.98. The second-order valence-corrected chi connectivity index (χ2v) is 6.49.